The number of hydrogen-bond acceptors (Lipinski definition) is 3. The summed E-state index contributed by atoms with van der Waals surface area (Å²) in [5.74, 6) is 0.691. The van der Waals surface area contributed by atoms with E-state index in [-0.39, 0.29) is 0 Å². The lowest BCUT2D eigenvalue weighted by Gasteiger charge is -2.18. The highest BCUT2D eigenvalue weighted by Crippen LogP contribution is 2.52. The van der Waals surface area contributed by atoms with Crippen molar-refractivity contribution >= 4 is 39.3 Å². The van der Waals surface area contributed by atoms with Gasteiger partial charge in [0.05, 0.1) is 11.4 Å². The van der Waals surface area contributed by atoms with Gasteiger partial charge in [0, 0.05) is 27.3 Å². The first-order valence-electron chi connectivity index (χ1n) is 20.0. The average Bonchev–Trinajstić information content (AvgIpc) is 3.53. The molecule has 1 atom stereocenters. The lowest BCUT2D eigenvalue weighted by Crippen LogP contribution is -2.07. The van der Waals surface area contributed by atoms with Gasteiger partial charge in [0.15, 0.2) is 5.82 Å². The van der Waals surface area contributed by atoms with Gasteiger partial charge in [-0.15, -0.1) is 0 Å². The Labute approximate surface area is 343 Å². The molecule has 10 aromatic rings. The Morgan fingerprint density at radius 2 is 0.814 bits per heavy atom. The van der Waals surface area contributed by atoms with E-state index in [0.717, 1.165) is 66.5 Å². The van der Waals surface area contributed by atoms with E-state index in [9.17, 15) is 4.57 Å². The van der Waals surface area contributed by atoms with E-state index in [1.165, 1.54) is 38.2 Å². The third-order valence-electron chi connectivity index (χ3n) is 11.8. The molecule has 0 spiro atoms. The molecule has 0 amide bonds. The molecule has 1 aliphatic heterocycles. The van der Waals surface area contributed by atoms with Crippen LogP contribution in [0.25, 0.3) is 100.0 Å². The zero-order valence-electron chi connectivity index (χ0n) is 32.4. The van der Waals surface area contributed by atoms with Crippen molar-refractivity contribution in [1.82, 2.24) is 9.97 Å². The lowest BCUT2D eigenvalue weighted by atomic mass is 9.85. The van der Waals surface area contributed by atoms with Crippen molar-refractivity contribution in [2.75, 3.05) is 6.66 Å². The number of fused-ring (bicyclic) bond motifs is 5. The molecule has 0 radical (unpaired) electrons. The Kier molecular flexibility index (Phi) is 8.32. The molecule has 1 aromatic heterocycles. The minimum Gasteiger partial charge on any atom is -0.314 e. The molecule has 2 heterocycles. The van der Waals surface area contributed by atoms with Crippen LogP contribution in [0.3, 0.4) is 0 Å². The monoisotopic (exact) mass is 772 g/mol. The fraction of sp³-hybridized carbons (Fsp3) is 0.0182. The first-order valence-corrected chi connectivity index (χ1v) is 22.1. The molecule has 278 valence electrons. The van der Waals surface area contributed by atoms with E-state index in [2.05, 4.69) is 164 Å². The first-order chi connectivity index (χ1) is 29.0. The summed E-state index contributed by atoms with van der Waals surface area (Å²) in [4.78, 5) is 10.3. The number of aromatic nitrogens is 2. The number of nitrogens with zero attached hydrogens (tertiary/aromatic N) is 2. The van der Waals surface area contributed by atoms with Gasteiger partial charge in [-0.05, 0) is 97.0 Å². The van der Waals surface area contributed by atoms with E-state index in [1.54, 1.807) is 0 Å². The quantitative estimate of drug-likeness (QED) is 0.125. The molecule has 0 aliphatic carbocycles. The molecule has 9 aromatic carbocycles. The summed E-state index contributed by atoms with van der Waals surface area (Å²) in [6.07, 6.45) is 0. The molecule has 0 saturated carbocycles. The maximum Gasteiger partial charge on any atom is 0.160 e. The minimum absolute atomic E-state index is 0.691. The van der Waals surface area contributed by atoms with Crippen molar-refractivity contribution in [3.05, 3.63) is 206 Å². The van der Waals surface area contributed by atoms with Gasteiger partial charge >= 0.3 is 0 Å². The molecule has 11 rings (SSSR count). The van der Waals surface area contributed by atoms with Crippen molar-refractivity contribution in [3.63, 3.8) is 0 Å². The van der Waals surface area contributed by atoms with Crippen LogP contribution in [0.15, 0.2) is 206 Å². The van der Waals surface area contributed by atoms with E-state index in [1.807, 2.05) is 49.1 Å². The van der Waals surface area contributed by atoms with Crippen LogP contribution in [0.1, 0.15) is 0 Å². The normalized spacial score (nSPS) is 14.3. The number of hydrogen-bond donors (Lipinski definition) is 0. The van der Waals surface area contributed by atoms with E-state index in [0.29, 0.717) is 5.82 Å². The third-order valence-corrected chi connectivity index (χ3v) is 14.4. The van der Waals surface area contributed by atoms with Crippen molar-refractivity contribution in [2.24, 2.45) is 0 Å². The standard InChI is InChI=1S/C55H37N2OP/c1-59(58)51-26-13-12-21-43(51)48-34-42(31-32-52(48)59)54-46-24-10-8-22-44(46)53(45-23-9-11-25-47(45)54)38-29-27-37(28-30-38)49-35-50(57-55(56-49)39-17-6-3-7-18-39)41-20-14-19-40(33-41)36-15-4-2-5-16-36/h2-35H,1H3. The molecule has 1 unspecified atom stereocenters. The Morgan fingerprint density at radius 1 is 0.339 bits per heavy atom. The number of rotatable bonds is 6. The minimum atomic E-state index is -2.66. The van der Waals surface area contributed by atoms with Crippen molar-refractivity contribution < 1.29 is 4.57 Å². The second-order valence-electron chi connectivity index (χ2n) is 15.4. The van der Waals surface area contributed by atoms with E-state index >= 15 is 0 Å². The SMILES string of the molecule is CP1(=O)c2ccccc2-c2cc(-c3c4ccccc4c(-c4ccc(-c5cc(-c6cccc(-c7ccccc7)c6)nc(-c6ccccc6)n5)cc4)c4ccccc34)ccc21. The van der Waals surface area contributed by atoms with Crippen LogP contribution in [0.5, 0.6) is 0 Å². The van der Waals surface area contributed by atoms with Gasteiger partial charge in [-0.3, -0.25) is 0 Å². The molecule has 59 heavy (non-hydrogen) atoms. The summed E-state index contributed by atoms with van der Waals surface area (Å²) in [5.41, 5.74) is 13.9. The van der Waals surface area contributed by atoms with Crippen LogP contribution >= 0.6 is 7.14 Å². The smallest absolute Gasteiger partial charge is 0.160 e. The largest absolute Gasteiger partial charge is 0.314 e. The zero-order chi connectivity index (χ0) is 39.5. The maximum atomic E-state index is 14.1. The summed E-state index contributed by atoms with van der Waals surface area (Å²) >= 11 is 0. The van der Waals surface area contributed by atoms with Gasteiger partial charge in [0.25, 0.3) is 0 Å². The fourth-order valence-electron chi connectivity index (χ4n) is 8.99. The van der Waals surface area contributed by atoms with Crippen molar-refractivity contribution in [3.8, 4) is 78.4 Å². The topological polar surface area (TPSA) is 42.9 Å². The van der Waals surface area contributed by atoms with Crippen LogP contribution in [0, 0.1) is 0 Å². The van der Waals surface area contributed by atoms with Gasteiger partial charge in [0.1, 0.15) is 7.14 Å². The van der Waals surface area contributed by atoms with E-state index < -0.39 is 7.14 Å². The molecule has 0 saturated heterocycles. The molecule has 0 N–H and O–H groups in total. The van der Waals surface area contributed by atoms with Gasteiger partial charge in [-0.25, -0.2) is 9.97 Å². The van der Waals surface area contributed by atoms with Crippen LogP contribution < -0.4 is 10.6 Å². The maximum absolute atomic E-state index is 14.1. The van der Waals surface area contributed by atoms with Gasteiger partial charge in [0.2, 0.25) is 0 Å². The molecule has 0 bridgehead atoms. The summed E-state index contributed by atoms with van der Waals surface area (Å²) < 4.78 is 14.1. The number of benzene rings is 9. The Balaban J connectivity index is 1.04. The Hall–Kier alpha value is -7.19. The predicted molar refractivity (Wildman–Crippen MR) is 248 cm³/mol. The van der Waals surface area contributed by atoms with Crippen molar-refractivity contribution in [2.45, 2.75) is 0 Å². The van der Waals surface area contributed by atoms with Gasteiger partial charge in [-0.1, -0.05) is 182 Å². The highest BCUT2D eigenvalue weighted by atomic mass is 31.2. The highest BCUT2D eigenvalue weighted by Gasteiger charge is 2.34. The first kappa shape index (κ1) is 35.0. The summed E-state index contributed by atoms with van der Waals surface area (Å²) in [7, 11) is -2.66. The summed E-state index contributed by atoms with van der Waals surface area (Å²) in [6.45, 7) is 1.90. The van der Waals surface area contributed by atoms with Crippen LogP contribution in [0.4, 0.5) is 0 Å². The molecular weight excluding hydrogens is 736 g/mol. The van der Waals surface area contributed by atoms with Gasteiger partial charge in [-0.2, -0.15) is 0 Å². The second-order valence-corrected chi connectivity index (χ2v) is 18.2. The third kappa shape index (κ3) is 5.94. The molecule has 0 fully saturated rings. The lowest BCUT2D eigenvalue weighted by molar-refractivity contribution is 0.591. The summed E-state index contributed by atoms with van der Waals surface area (Å²) in [5, 5.41) is 6.63. The summed E-state index contributed by atoms with van der Waals surface area (Å²) in [6, 6.07) is 72.4. The van der Waals surface area contributed by atoms with Crippen LogP contribution in [0.2, 0.25) is 0 Å². The Morgan fingerprint density at radius 3 is 1.47 bits per heavy atom. The average molecular weight is 773 g/mol. The van der Waals surface area contributed by atoms with Gasteiger partial charge < -0.3 is 4.57 Å². The molecule has 4 heteroatoms. The van der Waals surface area contributed by atoms with Crippen LogP contribution in [-0.2, 0) is 4.57 Å². The van der Waals surface area contributed by atoms with Crippen LogP contribution in [-0.4, -0.2) is 16.6 Å². The fourth-order valence-corrected chi connectivity index (χ4v) is 11.3. The van der Waals surface area contributed by atoms with Crippen molar-refractivity contribution in [1.29, 1.82) is 0 Å². The van der Waals surface area contributed by atoms with E-state index in [4.69, 9.17) is 9.97 Å². The highest BCUT2D eigenvalue weighted by molar-refractivity contribution is 7.79. The molecule has 3 nitrogen and oxygen atoms in total. The molecular formula is C55H37N2OP. The zero-order valence-corrected chi connectivity index (χ0v) is 33.3. The predicted octanol–water partition coefficient (Wildman–Crippen LogP) is 13.7. The second kappa shape index (κ2) is 14.0. The molecule has 1 aliphatic rings. The Bertz CT molecular complexity index is 3250.